The van der Waals surface area contributed by atoms with Gasteiger partial charge >= 0.3 is 5.97 Å². The number of likely N-dealkylation sites (tertiary alicyclic amines) is 1. The Morgan fingerprint density at radius 2 is 1.85 bits per heavy atom. The summed E-state index contributed by atoms with van der Waals surface area (Å²) >= 11 is 0. The van der Waals surface area contributed by atoms with Gasteiger partial charge in [-0.1, -0.05) is 19.1 Å². The number of ether oxygens (including phenoxy) is 2. The molecule has 0 unspecified atom stereocenters. The second-order valence-electron chi connectivity index (χ2n) is 8.38. The minimum atomic E-state index is -0.479. The predicted molar refractivity (Wildman–Crippen MR) is 130 cm³/mol. The molecular weight excluding hydrogens is 430 g/mol. The summed E-state index contributed by atoms with van der Waals surface area (Å²) in [7, 11) is 1.61. The summed E-state index contributed by atoms with van der Waals surface area (Å²) < 4.78 is 12.2. The van der Waals surface area contributed by atoms with Gasteiger partial charge in [0.1, 0.15) is 5.75 Å². The van der Waals surface area contributed by atoms with Crippen LogP contribution in [0.2, 0.25) is 0 Å². The van der Waals surface area contributed by atoms with Crippen molar-refractivity contribution < 1.29 is 19.1 Å². The van der Waals surface area contributed by atoms with Crippen LogP contribution < -0.4 is 4.74 Å². The lowest BCUT2D eigenvalue weighted by Gasteiger charge is -2.35. The summed E-state index contributed by atoms with van der Waals surface area (Å²) in [4.78, 5) is 27.6. The molecule has 7 nitrogen and oxygen atoms in total. The van der Waals surface area contributed by atoms with Crippen LogP contribution in [0.25, 0.3) is 16.9 Å². The fraction of sp³-hybridized carbons (Fsp3) is 0.370. The van der Waals surface area contributed by atoms with Gasteiger partial charge in [0.15, 0.2) is 5.69 Å². The van der Waals surface area contributed by atoms with E-state index in [4.69, 9.17) is 9.47 Å². The summed E-state index contributed by atoms with van der Waals surface area (Å²) in [6.07, 6.45) is 4.26. The average molecular weight is 462 g/mol. The van der Waals surface area contributed by atoms with E-state index in [-0.39, 0.29) is 18.2 Å². The number of esters is 1. The van der Waals surface area contributed by atoms with Crippen molar-refractivity contribution in [3.8, 4) is 22.7 Å². The van der Waals surface area contributed by atoms with Gasteiger partial charge < -0.3 is 14.4 Å². The molecule has 0 bridgehead atoms. The fourth-order valence-electron chi connectivity index (χ4n) is 4.47. The Morgan fingerprint density at radius 3 is 2.56 bits per heavy atom. The largest absolute Gasteiger partial charge is 0.497 e. The van der Waals surface area contributed by atoms with Crippen molar-refractivity contribution in [3.63, 3.8) is 0 Å². The standard InChI is InChI=1S/C27H31N3O4/c1-4-21-10-6-7-16-29(21)26(31)19-12-14-22(15-13-19)30-25(18-24(28-30)27(32)34-5-2)20-9-8-11-23(17-20)33-3/h8-9,11-15,17-18,21H,4-7,10,16H2,1-3H3/t21-/m0/s1. The molecule has 178 valence electrons. The normalized spacial score (nSPS) is 15.7. The highest BCUT2D eigenvalue weighted by Gasteiger charge is 2.26. The van der Waals surface area contributed by atoms with Crippen molar-refractivity contribution in [1.29, 1.82) is 0 Å². The van der Waals surface area contributed by atoms with E-state index in [1.54, 1.807) is 24.8 Å². The zero-order valence-electron chi connectivity index (χ0n) is 20.0. The number of carbonyl (C=O) groups is 2. The Morgan fingerprint density at radius 1 is 1.06 bits per heavy atom. The zero-order chi connectivity index (χ0) is 24.1. The number of hydrogen-bond acceptors (Lipinski definition) is 5. The van der Waals surface area contributed by atoms with E-state index < -0.39 is 5.97 Å². The average Bonchev–Trinajstić information content (AvgIpc) is 3.34. The first-order chi connectivity index (χ1) is 16.5. The van der Waals surface area contributed by atoms with E-state index in [0.717, 1.165) is 42.8 Å². The number of carbonyl (C=O) groups excluding carboxylic acids is 2. The van der Waals surface area contributed by atoms with Crippen LogP contribution in [0.5, 0.6) is 5.75 Å². The first-order valence-electron chi connectivity index (χ1n) is 11.9. The highest BCUT2D eigenvalue weighted by Crippen LogP contribution is 2.28. The quantitative estimate of drug-likeness (QED) is 0.456. The number of rotatable bonds is 7. The third-order valence-electron chi connectivity index (χ3n) is 6.28. The molecule has 34 heavy (non-hydrogen) atoms. The topological polar surface area (TPSA) is 73.7 Å². The summed E-state index contributed by atoms with van der Waals surface area (Å²) in [5.74, 6) is 0.294. The molecule has 1 saturated heterocycles. The third-order valence-corrected chi connectivity index (χ3v) is 6.28. The number of methoxy groups -OCH3 is 1. The maximum atomic E-state index is 13.2. The Hall–Kier alpha value is -3.61. The van der Waals surface area contributed by atoms with Gasteiger partial charge in [0.2, 0.25) is 0 Å². The Bertz CT molecular complexity index is 1150. The highest BCUT2D eigenvalue weighted by molar-refractivity contribution is 5.94. The van der Waals surface area contributed by atoms with Crippen LogP contribution >= 0.6 is 0 Å². The molecule has 0 saturated carbocycles. The zero-order valence-corrected chi connectivity index (χ0v) is 20.0. The Labute approximate surface area is 200 Å². The van der Waals surface area contributed by atoms with Gasteiger partial charge in [-0.15, -0.1) is 0 Å². The van der Waals surface area contributed by atoms with Gasteiger partial charge in [-0.3, -0.25) is 4.79 Å². The van der Waals surface area contributed by atoms with Crippen LogP contribution in [-0.2, 0) is 4.74 Å². The first kappa shape index (κ1) is 23.5. The SMILES string of the molecule is CCOC(=O)c1cc(-c2cccc(OC)c2)n(-c2ccc(C(=O)N3CCCC[C@@H]3CC)cc2)n1. The van der Waals surface area contributed by atoms with Crippen molar-refractivity contribution in [2.24, 2.45) is 0 Å². The Balaban J connectivity index is 1.69. The minimum Gasteiger partial charge on any atom is -0.497 e. The lowest BCUT2D eigenvalue weighted by atomic mass is 9.99. The van der Waals surface area contributed by atoms with Gasteiger partial charge in [0, 0.05) is 23.7 Å². The second-order valence-corrected chi connectivity index (χ2v) is 8.38. The lowest BCUT2D eigenvalue weighted by molar-refractivity contribution is 0.0518. The molecule has 1 aliphatic rings. The van der Waals surface area contributed by atoms with Crippen molar-refractivity contribution in [3.05, 3.63) is 65.9 Å². The van der Waals surface area contributed by atoms with Crippen molar-refractivity contribution >= 4 is 11.9 Å². The maximum Gasteiger partial charge on any atom is 0.358 e. The molecule has 0 aliphatic carbocycles. The number of nitrogens with zero attached hydrogens (tertiary/aromatic N) is 3. The molecule has 2 heterocycles. The summed E-state index contributed by atoms with van der Waals surface area (Å²) in [5.41, 5.74) is 3.20. The minimum absolute atomic E-state index is 0.0683. The van der Waals surface area contributed by atoms with Crippen LogP contribution in [0.3, 0.4) is 0 Å². The van der Waals surface area contributed by atoms with Crippen molar-refractivity contribution in [2.75, 3.05) is 20.3 Å². The number of piperidine rings is 1. The monoisotopic (exact) mass is 461 g/mol. The van der Waals surface area contributed by atoms with E-state index >= 15 is 0 Å². The van der Waals surface area contributed by atoms with E-state index in [1.165, 1.54) is 6.42 Å². The number of hydrogen-bond donors (Lipinski definition) is 0. The highest BCUT2D eigenvalue weighted by atomic mass is 16.5. The summed E-state index contributed by atoms with van der Waals surface area (Å²) in [5, 5.41) is 4.53. The van der Waals surface area contributed by atoms with Crippen molar-refractivity contribution in [2.45, 2.75) is 45.6 Å². The molecule has 0 N–H and O–H groups in total. The summed E-state index contributed by atoms with van der Waals surface area (Å²) in [6.45, 7) is 4.98. The molecular formula is C27H31N3O4. The molecule has 1 aromatic heterocycles. The van der Waals surface area contributed by atoms with E-state index in [1.807, 2.05) is 53.4 Å². The van der Waals surface area contributed by atoms with E-state index in [9.17, 15) is 9.59 Å². The van der Waals surface area contributed by atoms with Crippen LogP contribution in [0.4, 0.5) is 0 Å². The van der Waals surface area contributed by atoms with Gasteiger partial charge in [-0.2, -0.15) is 5.10 Å². The number of amides is 1. The molecule has 3 aromatic rings. The molecule has 1 amide bonds. The molecule has 4 rings (SSSR count). The van der Waals surface area contributed by atoms with Crippen LogP contribution in [0.1, 0.15) is 60.4 Å². The second kappa shape index (κ2) is 10.5. The molecule has 0 spiro atoms. The smallest absolute Gasteiger partial charge is 0.358 e. The lowest BCUT2D eigenvalue weighted by Crippen LogP contribution is -2.43. The Kier molecular flexibility index (Phi) is 7.30. The van der Waals surface area contributed by atoms with Gasteiger partial charge in [-0.05, 0) is 75.1 Å². The van der Waals surface area contributed by atoms with E-state index in [2.05, 4.69) is 12.0 Å². The molecule has 1 atom stereocenters. The van der Waals surface area contributed by atoms with Gasteiger partial charge in [0.05, 0.1) is 25.1 Å². The summed E-state index contributed by atoms with van der Waals surface area (Å²) in [6, 6.07) is 17.0. The molecule has 1 fully saturated rings. The predicted octanol–water partition coefficient (Wildman–Crippen LogP) is 5.13. The fourth-order valence-corrected chi connectivity index (χ4v) is 4.47. The third kappa shape index (κ3) is 4.83. The number of aromatic nitrogens is 2. The van der Waals surface area contributed by atoms with Crippen LogP contribution in [0, 0.1) is 0 Å². The maximum absolute atomic E-state index is 13.2. The molecule has 7 heteroatoms. The van der Waals surface area contributed by atoms with Gasteiger partial charge in [-0.25, -0.2) is 9.48 Å². The number of benzene rings is 2. The van der Waals surface area contributed by atoms with Gasteiger partial charge in [0.25, 0.3) is 5.91 Å². The van der Waals surface area contributed by atoms with Crippen LogP contribution in [0.15, 0.2) is 54.6 Å². The molecule has 1 aliphatic heterocycles. The molecule has 0 radical (unpaired) electrons. The van der Waals surface area contributed by atoms with Crippen molar-refractivity contribution in [1.82, 2.24) is 14.7 Å². The molecule has 2 aromatic carbocycles. The van der Waals surface area contributed by atoms with Crippen LogP contribution in [-0.4, -0.2) is 52.9 Å². The first-order valence-corrected chi connectivity index (χ1v) is 11.9. The van der Waals surface area contributed by atoms with E-state index in [0.29, 0.717) is 17.4 Å².